The molecule has 172 valence electrons. The van der Waals surface area contributed by atoms with Crippen LogP contribution in [0.1, 0.15) is 35.6 Å². The Labute approximate surface area is 202 Å². The van der Waals surface area contributed by atoms with Gasteiger partial charge in [-0.2, -0.15) is 0 Å². The van der Waals surface area contributed by atoms with Gasteiger partial charge in [-0.3, -0.25) is 10.1 Å². The number of aryl methyl sites for hydroxylation is 1. The third kappa shape index (κ3) is 5.27. The molecule has 0 aromatic heterocycles. The molecule has 1 N–H and O–H groups in total. The van der Waals surface area contributed by atoms with E-state index in [9.17, 15) is 4.79 Å². The minimum absolute atomic E-state index is 0.231. The average Bonchev–Trinajstić information content (AvgIpc) is 2.91. The number of carbonyl (C=O) groups is 1. The normalized spacial score (nSPS) is 12.1. The molecule has 4 rings (SSSR count). The van der Waals surface area contributed by atoms with E-state index < -0.39 is 11.6 Å². The van der Waals surface area contributed by atoms with E-state index in [2.05, 4.69) is 53.8 Å². The molecule has 4 aromatic carbocycles. The summed E-state index contributed by atoms with van der Waals surface area (Å²) in [4.78, 5) is 13.3. The van der Waals surface area contributed by atoms with E-state index in [0.717, 1.165) is 23.1 Å². The maximum Gasteiger partial charge on any atom is 0.323 e. The van der Waals surface area contributed by atoms with Crippen LogP contribution in [0.15, 0.2) is 121 Å². The standard InChI is InChI=1S/C31H31NO2/c1-2-34-30(33)29(24-23-25-15-7-3-8-16-25)32-31(26-17-9-4-10-18-26,27-19-11-5-12-20-27)28-21-13-6-14-22-28/h3-22,29,32H,2,23-24H2,1H3/t29-/m0/s1. The fourth-order valence-electron chi connectivity index (χ4n) is 4.52. The lowest BCUT2D eigenvalue weighted by Crippen LogP contribution is -2.53. The van der Waals surface area contributed by atoms with Crippen LogP contribution in [0.2, 0.25) is 0 Å². The highest BCUT2D eigenvalue weighted by Crippen LogP contribution is 2.37. The van der Waals surface area contributed by atoms with Crippen LogP contribution >= 0.6 is 0 Å². The van der Waals surface area contributed by atoms with Gasteiger partial charge in [0.05, 0.1) is 12.1 Å². The number of hydrogen-bond donors (Lipinski definition) is 1. The second-order valence-electron chi connectivity index (χ2n) is 8.32. The van der Waals surface area contributed by atoms with E-state index in [1.54, 1.807) is 0 Å². The van der Waals surface area contributed by atoms with Crippen molar-refractivity contribution in [1.82, 2.24) is 5.32 Å². The number of carbonyl (C=O) groups excluding carboxylic acids is 1. The molecule has 0 radical (unpaired) electrons. The van der Waals surface area contributed by atoms with Gasteiger partial charge in [-0.25, -0.2) is 0 Å². The molecule has 0 aliphatic carbocycles. The zero-order valence-electron chi connectivity index (χ0n) is 19.6. The second kappa shape index (κ2) is 11.4. The molecule has 4 aromatic rings. The molecule has 0 saturated heterocycles. The fraction of sp³-hybridized carbons (Fsp3) is 0.194. The Morgan fingerprint density at radius 1 is 0.706 bits per heavy atom. The SMILES string of the molecule is CCOC(=O)[C@H](CCc1ccccc1)NC(c1ccccc1)(c1ccccc1)c1ccccc1. The lowest BCUT2D eigenvalue weighted by molar-refractivity contribution is -0.146. The van der Waals surface area contributed by atoms with Crippen LogP contribution < -0.4 is 5.32 Å². The summed E-state index contributed by atoms with van der Waals surface area (Å²) in [7, 11) is 0. The zero-order chi connectivity index (χ0) is 23.6. The first kappa shape index (κ1) is 23.5. The summed E-state index contributed by atoms with van der Waals surface area (Å²) in [6, 6.07) is 40.8. The highest BCUT2D eigenvalue weighted by molar-refractivity contribution is 5.76. The van der Waals surface area contributed by atoms with Crippen LogP contribution in [0.25, 0.3) is 0 Å². The molecule has 0 aliphatic rings. The molecule has 0 saturated carbocycles. The predicted octanol–water partition coefficient (Wildman–Crippen LogP) is 6.13. The molecule has 0 heterocycles. The highest BCUT2D eigenvalue weighted by atomic mass is 16.5. The van der Waals surface area contributed by atoms with Gasteiger partial charge in [-0.05, 0) is 42.0 Å². The van der Waals surface area contributed by atoms with Crippen LogP contribution in [0, 0.1) is 0 Å². The van der Waals surface area contributed by atoms with Gasteiger partial charge in [-0.15, -0.1) is 0 Å². The van der Waals surface area contributed by atoms with E-state index >= 15 is 0 Å². The van der Waals surface area contributed by atoms with Gasteiger partial charge >= 0.3 is 5.97 Å². The molecular formula is C31H31NO2. The first-order chi connectivity index (χ1) is 16.7. The van der Waals surface area contributed by atoms with Crippen molar-refractivity contribution >= 4 is 5.97 Å². The van der Waals surface area contributed by atoms with Crippen molar-refractivity contribution < 1.29 is 9.53 Å². The van der Waals surface area contributed by atoms with Gasteiger partial charge in [0, 0.05) is 0 Å². The molecule has 0 unspecified atom stereocenters. The summed E-state index contributed by atoms with van der Waals surface area (Å²) in [6.45, 7) is 2.20. The Kier molecular flexibility index (Phi) is 7.90. The summed E-state index contributed by atoms with van der Waals surface area (Å²) < 4.78 is 5.54. The number of rotatable bonds is 10. The van der Waals surface area contributed by atoms with Crippen LogP contribution in [0.5, 0.6) is 0 Å². The molecule has 0 bridgehead atoms. The zero-order valence-corrected chi connectivity index (χ0v) is 19.6. The average molecular weight is 450 g/mol. The van der Waals surface area contributed by atoms with Crippen molar-refractivity contribution in [2.75, 3.05) is 6.61 Å². The van der Waals surface area contributed by atoms with E-state index in [1.807, 2.05) is 79.7 Å². The first-order valence-corrected chi connectivity index (χ1v) is 11.9. The first-order valence-electron chi connectivity index (χ1n) is 11.9. The summed E-state index contributed by atoms with van der Waals surface area (Å²) in [6.07, 6.45) is 1.39. The van der Waals surface area contributed by atoms with E-state index in [-0.39, 0.29) is 5.97 Å². The molecule has 0 aliphatic heterocycles. The number of nitrogens with one attached hydrogen (secondary N) is 1. The largest absolute Gasteiger partial charge is 0.465 e. The number of esters is 1. The van der Waals surface area contributed by atoms with Crippen molar-refractivity contribution in [1.29, 1.82) is 0 Å². The summed E-state index contributed by atoms with van der Waals surface area (Å²) >= 11 is 0. The van der Waals surface area contributed by atoms with Gasteiger partial charge in [0.25, 0.3) is 0 Å². The van der Waals surface area contributed by atoms with E-state index in [0.29, 0.717) is 13.0 Å². The van der Waals surface area contributed by atoms with E-state index in [4.69, 9.17) is 4.74 Å². The second-order valence-corrected chi connectivity index (χ2v) is 8.32. The Morgan fingerprint density at radius 2 is 1.12 bits per heavy atom. The van der Waals surface area contributed by atoms with Gasteiger partial charge in [0.15, 0.2) is 0 Å². The Morgan fingerprint density at radius 3 is 1.53 bits per heavy atom. The molecule has 34 heavy (non-hydrogen) atoms. The highest BCUT2D eigenvalue weighted by Gasteiger charge is 2.40. The summed E-state index contributed by atoms with van der Waals surface area (Å²) in [5.41, 5.74) is 3.69. The number of hydrogen-bond acceptors (Lipinski definition) is 3. The lowest BCUT2D eigenvalue weighted by Gasteiger charge is -2.39. The Bertz CT molecular complexity index is 1050. The molecule has 0 fully saturated rings. The van der Waals surface area contributed by atoms with Crippen LogP contribution in [-0.4, -0.2) is 18.6 Å². The van der Waals surface area contributed by atoms with Crippen molar-refractivity contribution in [3.63, 3.8) is 0 Å². The van der Waals surface area contributed by atoms with Gasteiger partial charge in [0.2, 0.25) is 0 Å². The van der Waals surface area contributed by atoms with Gasteiger partial charge in [0.1, 0.15) is 6.04 Å². The molecule has 1 atom stereocenters. The third-order valence-corrected chi connectivity index (χ3v) is 6.15. The van der Waals surface area contributed by atoms with Gasteiger partial charge < -0.3 is 4.74 Å². The van der Waals surface area contributed by atoms with Crippen molar-refractivity contribution in [3.8, 4) is 0 Å². The molecule has 0 spiro atoms. The Balaban J connectivity index is 1.83. The third-order valence-electron chi connectivity index (χ3n) is 6.15. The molecule has 0 amide bonds. The smallest absolute Gasteiger partial charge is 0.323 e. The van der Waals surface area contributed by atoms with E-state index in [1.165, 1.54) is 5.56 Å². The number of benzene rings is 4. The van der Waals surface area contributed by atoms with Crippen molar-refractivity contribution in [2.24, 2.45) is 0 Å². The predicted molar refractivity (Wildman–Crippen MR) is 138 cm³/mol. The lowest BCUT2D eigenvalue weighted by atomic mass is 9.76. The Hall–Kier alpha value is -3.69. The van der Waals surface area contributed by atoms with Crippen LogP contribution in [0.3, 0.4) is 0 Å². The minimum Gasteiger partial charge on any atom is -0.465 e. The van der Waals surface area contributed by atoms with Crippen LogP contribution in [0.4, 0.5) is 0 Å². The summed E-state index contributed by atoms with van der Waals surface area (Å²) in [5.74, 6) is -0.231. The molecule has 3 nitrogen and oxygen atoms in total. The maximum atomic E-state index is 13.3. The minimum atomic E-state index is -0.724. The van der Waals surface area contributed by atoms with Crippen molar-refractivity contribution in [3.05, 3.63) is 144 Å². The molecular weight excluding hydrogens is 418 g/mol. The van der Waals surface area contributed by atoms with Crippen molar-refractivity contribution in [2.45, 2.75) is 31.3 Å². The quantitative estimate of drug-likeness (QED) is 0.234. The molecule has 3 heteroatoms. The fourth-order valence-corrected chi connectivity index (χ4v) is 4.52. The number of ether oxygens (including phenoxy) is 1. The van der Waals surface area contributed by atoms with Crippen LogP contribution in [-0.2, 0) is 21.5 Å². The maximum absolute atomic E-state index is 13.3. The summed E-state index contributed by atoms with van der Waals surface area (Å²) in [5, 5.41) is 3.80. The monoisotopic (exact) mass is 449 g/mol. The topological polar surface area (TPSA) is 38.3 Å². The van der Waals surface area contributed by atoms with Gasteiger partial charge in [-0.1, -0.05) is 121 Å².